The molecule has 1 aliphatic carbocycles. The van der Waals surface area contributed by atoms with Crippen molar-refractivity contribution in [2.24, 2.45) is 0 Å². The number of aromatic nitrogens is 2. The number of rotatable bonds is 7. The Hall–Kier alpha value is -3.06. The van der Waals surface area contributed by atoms with Gasteiger partial charge in [0.1, 0.15) is 6.04 Å². The molecule has 0 unspecified atom stereocenters. The number of hydrogen-bond donors (Lipinski definition) is 1. The molecule has 0 aliphatic heterocycles. The van der Waals surface area contributed by atoms with Crippen LogP contribution in [0.2, 0.25) is 0 Å². The summed E-state index contributed by atoms with van der Waals surface area (Å²) in [5.41, 5.74) is 2.11. The van der Waals surface area contributed by atoms with E-state index in [0.29, 0.717) is 12.2 Å². The van der Waals surface area contributed by atoms with E-state index in [4.69, 9.17) is 0 Å². The smallest absolute Gasteiger partial charge is 0.276 e. The van der Waals surface area contributed by atoms with Crippen LogP contribution in [0.5, 0.6) is 0 Å². The van der Waals surface area contributed by atoms with E-state index >= 15 is 0 Å². The van der Waals surface area contributed by atoms with E-state index in [9.17, 15) is 9.59 Å². The van der Waals surface area contributed by atoms with Gasteiger partial charge in [0, 0.05) is 18.0 Å². The fraction of sp³-hybridized carbons (Fsp3) is 0.304. The predicted octanol–water partition coefficient (Wildman–Crippen LogP) is 3.98. The van der Waals surface area contributed by atoms with Gasteiger partial charge in [0.2, 0.25) is 5.91 Å². The zero-order chi connectivity index (χ0) is 20.8. The first kappa shape index (κ1) is 20.2. The lowest BCUT2D eigenvalue weighted by Crippen LogP contribution is -2.48. The second kappa shape index (κ2) is 9.63. The highest BCUT2D eigenvalue weighted by Gasteiger charge is 2.38. The second-order valence-corrected chi connectivity index (χ2v) is 8.07. The average molecular weight is 421 g/mol. The van der Waals surface area contributed by atoms with E-state index < -0.39 is 6.04 Å². The third-order valence-electron chi connectivity index (χ3n) is 5.48. The lowest BCUT2D eigenvalue weighted by atomic mass is 10.0. The third-order valence-corrected chi connectivity index (χ3v) is 5.99. The molecule has 0 spiro atoms. The summed E-state index contributed by atoms with van der Waals surface area (Å²) in [6.45, 7) is 0.411. The fourth-order valence-electron chi connectivity index (χ4n) is 4.02. The highest BCUT2D eigenvalue weighted by atomic mass is 32.1. The Morgan fingerprint density at radius 3 is 2.33 bits per heavy atom. The van der Waals surface area contributed by atoms with Crippen molar-refractivity contribution in [1.29, 1.82) is 0 Å². The summed E-state index contributed by atoms with van der Waals surface area (Å²) in [6.07, 6.45) is 3.88. The molecule has 1 aromatic heterocycles. The summed E-state index contributed by atoms with van der Waals surface area (Å²) in [5, 5.41) is 8.67. The van der Waals surface area contributed by atoms with Gasteiger partial charge < -0.3 is 10.2 Å². The molecule has 7 heteroatoms. The average Bonchev–Trinajstić information content (AvgIpc) is 3.51. The molecule has 3 aromatic rings. The molecule has 6 nitrogen and oxygen atoms in total. The van der Waals surface area contributed by atoms with Crippen LogP contribution < -0.4 is 5.32 Å². The first-order chi connectivity index (χ1) is 14.7. The van der Waals surface area contributed by atoms with Gasteiger partial charge in [-0.1, -0.05) is 78.0 Å². The summed E-state index contributed by atoms with van der Waals surface area (Å²) < 4.78 is 3.85. The summed E-state index contributed by atoms with van der Waals surface area (Å²) >= 11 is 1.14. The van der Waals surface area contributed by atoms with Crippen LogP contribution in [0.1, 0.15) is 53.3 Å². The van der Waals surface area contributed by atoms with E-state index in [1.807, 2.05) is 60.7 Å². The van der Waals surface area contributed by atoms with Crippen LogP contribution in [0, 0.1) is 0 Å². The molecule has 30 heavy (non-hydrogen) atoms. The minimum atomic E-state index is -0.716. The van der Waals surface area contributed by atoms with Gasteiger partial charge >= 0.3 is 0 Å². The van der Waals surface area contributed by atoms with Gasteiger partial charge in [0.05, 0.1) is 0 Å². The Morgan fingerprint density at radius 1 is 1.03 bits per heavy atom. The maximum Gasteiger partial charge on any atom is 0.276 e. The number of hydrogen-bond acceptors (Lipinski definition) is 5. The molecular weight excluding hydrogens is 396 g/mol. The van der Waals surface area contributed by atoms with Crippen molar-refractivity contribution in [2.75, 3.05) is 0 Å². The summed E-state index contributed by atoms with van der Waals surface area (Å²) in [4.78, 5) is 28.6. The highest BCUT2D eigenvalue weighted by molar-refractivity contribution is 7.03. The highest BCUT2D eigenvalue weighted by Crippen LogP contribution is 2.33. The van der Waals surface area contributed by atoms with Crippen LogP contribution >= 0.6 is 11.5 Å². The first-order valence-electron chi connectivity index (χ1n) is 10.2. The molecule has 1 saturated carbocycles. The number of benzene rings is 2. The Bertz CT molecular complexity index is 957. The zero-order valence-electron chi connectivity index (χ0n) is 16.6. The summed E-state index contributed by atoms with van der Waals surface area (Å²) in [7, 11) is 0. The number of nitrogens with zero attached hydrogens (tertiary/aromatic N) is 3. The largest absolute Gasteiger partial charge is 0.350 e. The molecule has 4 rings (SSSR count). The van der Waals surface area contributed by atoms with Crippen molar-refractivity contribution >= 4 is 23.3 Å². The normalized spacial score (nSPS) is 14.9. The number of nitrogens with one attached hydrogen (secondary N) is 1. The topological polar surface area (TPSA) is 75.2 Å². The Kier molecular flexibility index (Phi) is 6.49. The van der Waals surface area contributed by atoms with Crippen LogP contribution in [0.15, 0.2) is 66.0 Å². The molecule has 0 radical (unpaired) electrons. The standard InChI is InChI=1S/C23H24N4O2S/c28-22(24-15-17-9-3-1-4-10-17)21(18-11-5-2-6-12-18)27(19-13-7-8-14-19)23(29)20-16-30-26-25-20/h1-6,9-12,16,19,21H,7-8,13-15H2,(H,24,28)/t21-/m0/s1. The van der Waals surface area contributed by atoms with Crippen LogP contribution in [-0.2, 0) is 11.3 Å². The second-order valence-electron chi connectivity index (χ2n) is 7.46. The van der Waals surface area contributed by atoms with Crippen molar-refractivity contribution in [2.45, 2.75) is 44.3 Å². The molecular formula is C23H24N4O2S. The number of carbonyl (C=O) groups is 2. The van der Waals surface area contributed by atoms with Gasteiger partial charge in [-0.25, -0.2) is 0 Å². The molecule has 154 valence electrons. The number of amides is 2. The van der Waals surface area contributed by atoms with Gasteiger partial charge in [-0.3, -0.25) is 9.59 Å². The van der Waals surface area contributed by atoms with Crippen molar-refractivity contribution in [1.82, 2.24) is 19.8 Å². The van der Waals surface area contributed by atoms with Crippen LogP contribution in [0.25, 0.3) is 0 Å². The fourth-order valence-corrected chi connectivity index (χ4v) is 4.45. The molecule has 2 amide bonds. The van der Waals surface area contributed by atoms with Gasteiger partial charge in [0.25, 0.3) is 5.91 Å². The van der Waals surface area contributed by atoms with E-state index in [1.54, 1.807) is 10.3 Å². The van der Waals surface area contributed by atoms with Crippen LogP contribution in [0.4, 0.5) is 0 Å². The van der Waals surface area contributed by atoms with Crippen molar-refractivity contribution in [3.05, 3.63) is 82.9 Å². The van der Waals surface area contributed by atoms with Gasteiger partial charge in [-0.15, -0.1) is 5.10 Å². The molecule has 0 saturated heterocycles. The van der Waals surface area contributed by atoms with Gasteiger partial charge in [-0.2, -0.15) is 0 Å². The molecule has 1 fully saturated rings. The SMILES string of the molecule is O=C(NCc1ccccc1)[C@H](c1ccccc1)N(C(=O)c1csnn1)C1CCCC1. The van der Waals surface area contributed by atoms with E-state index in [2.05, 4.69) is 14.9 Å². The van der Waals surface area contributed by atoms with Crippen LogP contribution in [0.3, 0.4) is 0 Å². The molecule has 1 aliphatic rings. The molecule has 1 heterocycles. The van der Waals surface area contributed by atoms with E-state index in [1.165, 1.54) is 0 Å². The quantitative estimate of drug-likeness (QED) is 0.627. The van der Waals surface area contributed by atoms with E-state index in [0.717, 1.165) is 48.3 Å². The van der Waals surface area contributed by atoms with Crippen molar-refractivity contribution in [3.8, 4) is 0 Å². The molecule has 1 N–H and O–H groups in total. The predicted molar refractivity (Wildman–Crippen MR) is 116 cm³/mol. The van der Waals surface area contributed by atoms with E-state index in [-0.39, 0.29) is 17.9 Å². The molecule has 2 aromatic carbocycles. The van der Waals surface area contributed by atoms with Gasteiger partial charge in [-0.05, 0) is 35.5 Å². The Balaban J connectivity index is 1.66. The van der Waals surface area contributed by atoms with Crippen LogP contribution in [-0.4, -0.2) is 32.3 Å². The third kappa shape index (κ3) is 4.57. The minimum Gasteiger partial charge on any atom is -0.350 e. The molecule has 0 bridgehead atoms. The Morgan fingerprint density at radius 2 is 1.70 bits per heavy atom. The lowest BCUT2D eigenvalue weighted by Gasteiger charge is -2.35. The number of carbonyl (C=O) groups excluding carboxylic acids is 2. The summed E-state index contributed by atoms with van der Waals surface area (Å²) in [5.74, 6) is -0.423. The van der Waals surface area contributed by atoms with Crippen molar-refractivity contribution < 1.29 is 9.59 Å². The zero-order valence-corrected chi connectivity index (χ0v) is 17.4. The minimum absolute atomic E-state index is 0.00637. The Labute approximate surface area is 180 Å². The lowest BCUT2D eigenvalue weighted by molar-refractivity contribution is -0.126. The maximum atomic E-state index is 13.5. The monoisotopic (exact) mass is 420 g/mol. The molecule has 1 atom stereocenters. The maximum absolute atomic E-state index is 13.5. The summed E-state index contributed by atoms with van der Waals surface area (Å²) in [6, 6.07) is 18.6. The first-order valence-corrected chi connectivity index (χ1v) is 11.0. The van der Waals surface area contributed by atoms with Gasteiger partial charge in [0.15, 0.2) is 5.69 Å². The van der Waals surface area contributed by atoms with Crippen molar-refractivity contribution in [3.63, 3.8) is 0 Å².